The average molecular weight is 433 g/mol. The van der Waals surface area contributed by atoms with Crippen LogP contribution in [0.25, 0.3) is 6.08 Å². The fourth-order valence-corrected chi connectivity index (χ4v) is 3.31. The van der Waals surface area contributed by atoms with E-state index in [2.05, 4.69) is 6.58 Å². The maximum absolute atomic E-state index is 12.0. The number of hydrogen-bond donors (Lipinski definition) is 1. The smallest absolute Gasteiger partial charge is 0.342 e. The summed E-state index contributed by atoms with van der Waals surface area (Å²) in [5.74, 6) is 1.20. The van der Waals surface area contributed by atoms with Gasteiger partial charge in [-0.3, -0.25) is 0 Å². The number of allylic oxidation sites excluding steroid dienone is 7. The number of aryl methyl sites for hydroxylation is 1. The molecule has 0 fully saturated rings. The molecular formula is C28H32O4. The van der Waals surface area contributed by atoms with Gasteiger partial charge in [0, 0.05) is 12.0 Å². The van der Waals surface area contributed by atoms with Crippen LogP contribution < -0.4 is 10.4 Å². The molecule has 1 heterocycles. The first-order chi connectivity index (χ1) is 15.3. The maximum Gasteiger partial charge on any atom is 0.342 e. The van der Waals surface area contributed by atoms with E-state index in [1.165, 1.54) is 6.08 Å². The van der Waals surface area contributed by atoms with Crippen LogP contribution >= 0.6 is 0 Å². The molecule has 0 saturated heterocycles. The van der Waals surface area contributed by atoms with Crippen LogP contribution in [-0.2, 0) is 6.42 Å². The SMILES string of the molecule is C=C[C@H](O)c1cc(C)ccc1C=CC=CC=CC(C)=CCc1oc(=O)c(C)c(OC)c1C. The Bertz CT molecular complexity index is 1130. The zero-order valence-corrected chi connectivity index (χ0v) is 19.5. The Morgan fingerprint density at radius 3 is 2.56 bits per heavy atom. The monoisotopic (exact) mass is 432 g/mol. The number of ether oxygens (including phenoxy) is 1. The minimum absolute atomic E-state index is 0.365. The molecule has 2 rings (SSSR count). The lowest BCUT2D eigenvalue weighted by Gasteiger charge is -2.10. The first-order valence-electron chi connectivity index (χ1n) is 10.5. The van der Waals surface area contributed by atoms with Crippen LogP contribution in [0.15, 0.2) is 82.1 Å². The zero-order valence-electron chi connectivity index (χ0n) is 19.5. The average Bonchev–Trinajstić information content (AvgIpc) is 2.78. The summed E-state index contributed by atoms with van der Waals surface area (Å²) in [6, 6.07) is 5.98. The second kappa shape index (κ2) is 11.9. The molecule has 1 N–H and O–H groups in total. The van der Waals surface area contributed by atoms with E-state index in [9.17, 15) is 9.90 Å². The minimum Gasteiger partial charge on any atom is -0.496 e. The molecule has 0 amide bonds. The Morgan fingerprint density at radius 2 is 1.88 bits per heavy atom. The van der Waals surface area contributed by atoms with E-state index in [0.29, 0.717) is 23.5 Å². The van der Waals surface area contributed by atoms with Crippen LogP contribution in [0.1, 0.15) is 46.6 Å². The van der Waals surface area contributed by atoms with Crippen LogP contribution in [0.2, 0.25) is 0 Å². The van der Waals surface area contributed by atoms with Crippen molar-refractivity contribution in [3.63, 3.8) is 0 Å². The Labute approximate surface area is 190 Å². The summed E-state index contributed by atoms with van der Waals surface area (Å²) in [6.45, 7) is 11.3. The number of hydrogen-bond acceptors (Lipinski definition) is 4. The van der Waals surface area contributed by atoms with E-state index in [4.69, 9.17) is 9.15 Å². The van der Waals surface area contributed by atoms with Crippen molar-refractivity contribution >= 4 is 6.08 Å². The quantitative estimate of drug-likeness (QED) is 0.384. The van der Waals surface area contributed by atoms with Gasteiger partial charge in [-0.15, -0.1) is 6.58 Å². The Balaban J connectivity index is 2.03. The lowest BCUT2D eigenvalue weighted by Crippen LogP contribution is -2.10. The standard InChI is InChI=1S/C28H32O4/c1-7-25(29)24-18-20(3)14-16-23(24)13-11-9-8-10-12-19(2)15-17-26-21(4)27(31-6)22(5)28(30)32-26/h7-16,18,25,29H,1,17H2,2-6H3/t25-/m0/s1. The molecule has 0 aliphatic heterocycles. The molecule has 0 unspecified atom stereocenters. The molecule has 168 valence electrons. The minimum atomic E-state index is -0.687. The third-order valence-electron chi connectivity index (χ3n) is 5.19. The van der Waals surface area contributed by atoms with Gasteiger partial charge < -0.3 is 14.3 Å². The predicted octanol–water partition coefficient (Wildman–Crippen LogP) is 6.11. The summed E-state index contributed by atoms with van der Waals surface area (Å²) in [7, 11) is 1.56. The predicted molar refractivity (Wildman–Crippen MR) is 132 cm³/mol. The van der Waals surface area contributed by atoms with E-state index >= 15 is 0 Å². The summed E-state index contributed by atoms with van der Waals surface area (Å²) in [5, 5.41) is 10.1. The lowest BCUT2D eigenvalue weighted by molar-refractivity contribution is 0.229. The summed E-state index contributed by atoms with van der Waals surface area (Å²) >= 11 is 0. The van der Waals surface area contributed by atoms with Gasteiger partial charge in [0.15, 0.2) is 0 Å². The van der Waals surface area contributed by atoms with Crippen molar-refractivity contribution in [1.82, 2.24) is 0 Å². The zero-order chi connectivity index (χ0) is 23.7. The van der Waals surface area contributed by atoms with Gasteiger partial charge in [0.2, 0.25) is 0 Å². The van der Waals surface area contributed by atoms with Crippen molar-refractivity contribution in [1.29, 1.82) is 0 Å². The third kappa shape index (κ3) is 6.56. The molecule has 0 radical (unpaired) electrons. The molecule has 1 atom stereocenters. The van der Waals surface area contributed by atoms with Gasteiger partial charge in [-0.1, -0.05) is 77.9 Å². The van der Waals surface area contributed by atoms with Crippen LogP contribution in [0.3, 0.4) is 0 Å². The van der Waals surface area contributed by atoms with E-state index < -0.39 is 6.10 Å². The second-order valence-electron chi connectivity index (χ2n) is 7.66. The topological polar surface area (TPSA) is 59.7 Å². The summed E-state index contributed by atoms with van der Waals surface area (Å²) < 4.78 is 10.8. The molecular weight excluding hydrogens is 400 g/mol. The van der Waals surface area contributed by atoms with Gasteiger partial charge in [-0.2, -0.15) is 0 Å². The molecule has 2 aromatic rings. The number of aliphatic hydroxyl groups is 1. The van der Waals surface area contributed by atoms with E-state index in [1.54, 1.807) is 14.0 Å². The van der Waals surface area contributed by atoms with Gasteiger partial charge in [0.05, 0.1) is 18.8 Å². The van der Waals surface area contributed by atoms with Crippen LogP contribution in [0.4, 0.5) is 0 Å². The van der Waals surface area contributed by atoms with Crippen molar-refractivity contribution < 1.29 is 14.3 Å². The summed E-state index contributed by atoms with van der Waals surface area (Å²) in [5.41, 5.74) is 4.92. The van der Waals surface area contributed by atoms with Crippen LogP contribution in [0, 0.1) is 20.8 Å². The molecule has 1 aromatic heterocycles. The third-order valence-corrected chi connectivity index (χ3v) is 5.19. The highest BCUT2D eigenvalue weighted by atomic mass is 16.5. The van der Waals surface area contributed by atoms with Crippen LogP contribution in [0.5, 0.6) is 5.75 Å². The first-order valence-corrected chi connectivity index (χ1v) is 10.5. The van der Waals surface area contributed by atoms with Crippen molar-refractivity contribution in [2.24, 2.45) is 0 Å². The van der Waals surface area contributed by atoms with Gasteiger partial charge in [-0.05, 0) is 38.8 Å². The molecule has 1 aromatic carbocycles. The van der Waals surface area contributed by atoms with Crippen molar-refractivity contribution in [2.45, 2.75) is 40.2 Å². The molecule has 0 aliphatic carbocycles. The van der Waals surface area contributed by atoms with Gasteiger partial charge in [0.25, 0.3) is 0 Å². The summed E-state index contributed by atoms with van der Waals surface area (Å²) in [4.78, 5) is 12.0. The van der Waals surface area contributed by atoms with E-state index in [0.717, 1.165) is 27.8 Å². The van der Waals surface area contributed by atoms with Crippen molar-refractivity contribution in [3.05, 3.63) is 117 Å². The highest BCUT2D eigenvalue weighted by Gasteiger charge is 2.13. The molecule has 0 saturated carbocycles. The molecule has 4 nitrogen and oxygen atoms in total. The van der Waals surface area contributed by atoms with Crippen molar-refractivity contribution in [2.75, 3.05) is 7.11 Å². The summed E-state index contributed by atoms with van der Waals surface area (Å²) in [6.07, 6.45) is 15.1. The van der Waals surface area contributed by atoms with Gasteiger partial charge >= 0.3 is 5.63 Å². The van der Waals surface area contributed by atoms with Crippen molar-refractivity contribution in [3.8, 4) is 5.75 Å². The lowest BCUT2D eigenvalue weighted by atomic mass is 9.99. The van der Waals surface area contributed by atoms with Crippen LogP contribution in [-0.4, -0.2) is 12.2 Å². The number of benzene rings is 1. The molecule has 0 bridgehead atoms. The van der Waals surface area contributed by atoms with Gasteiger partial charge in [-0.25, -0.2) is 4.79 Å². The molecule has 32 heavy (non-hydrogen) atoms. The maximum atomic E-state index is 12.0. The largest absolute Gasteiger partial charge is 0.496 e. The number of methoxy groups -OCH3 is 1. The number of rotatable bonds is 9. The first kappa shape index (κ1) is 24.9. The fraction of sp³-hybridized carbons (Fsp3) is 0.250. The van der Waals surface area contributed by atoms with E-state index in [1.807, 2.05) is 81.5 Å². The molecule has 0 aliphatic rings. The highest BCUT2D eigenvalue weighted by molar-refractivity contribution is 5.57. The Morgan fingerprint density at radius 1 is 1.16 bits per heavy atom. The second-order valence-corrected chi connectivity index (χ2v) is 7.66. The van der Waals surface area contributed by atoms with Gasteiger partial charge in [0.1, 0.15) is 11.5 Å². The molecule has 0 spiro atoms. The van der Waals surface area contributed by atoms with E-state index in [-0.39, 0.29) is 5.63 Å². The Kier molecular flexibility index (Phi) is 9.23. The normalized spacial score (nSPS) is 13.4. The highest BCUT2D eigenvalue weighted by Crippen LogP contribution is 2.24. The Hall–Kier alpha value is -3.37. The number of aliphatic hydroxyl groups excluding tert-OH is 1. The fourth-order valence-electron chi connectivity index (χ4n) is 3.31. The molecule has 4 heteroatoms.